The summed E-state index contributed by atoms with van der Waals surface area (Å²) in [6, 6.07) is 20.9. The van der Waals surface area contributed by atoms with Crippen LogP contribution in [0.4, 0.5) is 0 Å². The molecule has 0 amide bonds. The topological polar surface area (TPSA) is 9.23 Å². The number of unbranched alkanes of at least 4 members (excludes halogenated alkanes) is 1. The first-order valence-corrected chi connectivity index (χ1v) is 7.73. The van der Waals surface area contributed by atoms with Crippen LogP contribution in [0.3, 0.4) is 0 Å². The molecular weight excluding hydrogens is 252 g/mol. The van der Waals surface area contributed by atoms with Gasteiger partial charge in [-0.15, -0.1) is 11.8 Å². The van der Waals surface area contributed by atoms with E-state index < -0.39 is 0 Å². The van der Waals surface area contributed by atoms with Crippen LogP contribution in [-0.2, 0) is 11.3 Å². The molecule has 0 saturated heterocycles. The van der Waals surface area contributed by atoms with Crippen molar-refractivity contribution in [3.8, 4) is 0 Å². The number of hydrogen-bond acceptors (Lipinski definition) is 2. The molecule has 0 saturated carbocycles. The van der Waals surface area contributed by atoms with Gasteiger partial charge in [-0.25, -0.2) is 0 Å². The lowest BCUT2D eigenvalue weighted by Crippen LogP contribution is -1.96. The predicted octanol–water partition coefficient (Wildman–Crippen LogP) is 4.78. The van der Waals surface area contributed by atoms with Crippen LogP contribution in [0.5, 0.6) is 0 Å². The van der Waals surface area contributed by atoms with Crippen LogP contribution in [0.15, 0.2) is 65.6 Å². The van der Waals surface area contributed by atoms with E-state index in [1.165, 1.54) is 22.6 Å². The highest BCUT2D eigenvalue weighted by molar-refractivity contribution is 7.99. The van der Waals surface area contributed by atoms with Crippen molar-refractivity contribution >= 4 is 11.8 Å². The highest BCUT2D eigenvalue weighted by Gasteiger charge is 1.94. The molecule has 100 valence electrons. The first-order chi connectivity index (χ1) is 9.45. The second kappa shape index (κ2) is 8.78. The predicted molar refractivity (Wildman–Crippen MR) is 82.5 cm³/mol. The lowest BCUT2D eigenvalue weighted by molar-refractivity contribution is 0.118. The molecule has 0 unspecified atom stereocenters. The van der Waals surface area contributed by atoms with E-state index in [-0.39, 0.29) is 0 Å². The van der Waals surface area contributed by atoms with Gasteiger partial charge in [-0.05, 0) is 36.3 Å². The lowest BCUT2D eigenvalue weighted by Gasteiger charge is -2.04. The summed E-state index contributed by atoms with van der Waals surface area (Å²) in [7, 11) is 0. The second-order valence-electron chi connectivity index (χ2n) is 4.41. The van der Waals surface area contributed by atoms with Crippen LogP contribution in [-0.4, -0.2) is 12.4 Å². The van der Waals surface area contributed by atoms with Gasteiger partial charge in [0.15, 0.2) is 0 Å². The van der Waals surface area contributed by atoms with Crippen molar-refractivity contribution in [2.24, 2.45) is 0 Å². The fourth-order valence-corrected chi connectivity index (χ4v) is 2.71. The fourth-order valence-electron chi connectivity index (χ4n) is 1.78. The van der Waals surface area contributed by atoms with Gasteiger partial charge in [0.25, 0.3) is 0 Å². The Hall–Kier alpha value is -1.25. The maximum absolute atomic E-state index is 5.66. The van der Waals surface area contributed by atoms with Crippen LogP contribution in [0, 0.1) is 0 Å². The van der Waals surface area contributed by atoms with E-state index >= 15 is 0 Å². The third kappa shape index (κ3) is 5.95. The number of thioether (sulfide) groups is 1. The summed E-state index contributed by atoms with van der Waals surface area (Å²) in [6.07, 6.45) is 2.33. The van der Waals surface area contributed by atoms with Crippen molar-refractivity contribution < 1.29 is 4.74 Å². The van der Waals surface area contributed by atoms with Gasteiger partial charge in [0, 0.05) is 11.5 Å². The van der Waals surface area contributed by atoms with E-state index in [4.69, 9.17) is 4.74 Å². The minimum absolute atomic E-state index is 0.729. The van der Waals surface area contributed by atoms with E-state index in [1.54, 1.807) is 0 Å². The van der Waals surface area contributed by atoms with E-state index in [0.29, 0.717) is 0 Å². The highest BCUT2D eigenvalue weighted by atomic mass is 32.2. The molecule has 2 aromatic rings. The Bertz CT molecular complexity index is 398. The van der Waals surface area contributed by atoms with Gasteiger partial charge >= 0.3 is 0 Å². The number of hydrogen-bond donors (Lipinski definition) is 0. The monoisotopic (exact) mass is 272 g/mol. The molecule has 2 aromatic carbocycles. The third-order valence-electron chi connectivity index (χ3n) is 2.81. The van der Waals surface area contributed by atoms with Crippen molar-refractivity contribution in [1.29, 1.82) is 0 Å². The third-order valence-corrected chi connectivity index (χ3v) is 3.90. The molecule has 0 bridgehead atoms. The SMILES string of the molecule is c1ccc(COCCCCSc2ccccc2)cc1. The van der Waals surface area contributed by atoms with Crippen molar-refractivity contribution in [3.05, 3.63) is 66.2 Å². The zero-order valence-electron chi connectivity index (χ0n) is 11.1. The lowest BCUT2D eigenvalue weighted by atomic mass is 10.2. The van der Waals surface area contributed by atoms with E-state index in [2.05, 4.69) is 54.6 Å². The molecule has 0 fully saturated rings. The summed E-state index contributed by atoms with van der Waals surface area (Å²) in [4.78, 5) is 1.35. The Morgan fingerprint density at radius 2 is 1.47 bits per heavy atom. The van der Waals surface area contributed by atoms with Crippen LogP contribution >= 0.6 is 11.8 Å². The molecule has 2 rings (SSSR count). The average molecular weight is 272 g/mol. The van der Waals surface area contributed by atoms with Crippen LogP contribution in [0.1, 0.15) is 18.4 Å². The Balaban J connectivity index is 1.49. The first-order valence-electron chi connectivity index (χ1n) is 6.75. The Kier molecular flexibility index (Phi) is 6.55. The molecule has 0 aromatic heterocycles. The summed E-state index contributed by atoms with van der Waals surface area (Å²) in [5.74, 6) is 1.17. The average Bonchev–Trinajstić information content (AvgIpc) is 2.48. The standard InChI is InChI=1S/C17H20OS/c1-3-9-16(10-4-1)15-18-13-7-8-14-19-17-11-5-2-6-12-17/h1-6,9-12H,7-8,13-15H2. The maximum atomic E-state index is 5.66. The van der Waals surface area contributed by atoms with Gasteiger partial charge in [-0.2, -0.15) is 0 Å². The summed E-state index contributed by atoms with van der Waals surface area (Å²) < 4.78 is 5.66. The molecule has 0 heterocycles. The Morgan fingerprint density at radius 1 is 0.789 bits per heavy atom. The van der Waals surface area contributed by atoms with Crippen molar-refractivity contribution in [1.82, 2.24) is 0 Å². The molecule has 0 aliphatic carbocycles. The summed E-state index contributed by atoms with van der Waals surface area (Å²) in [5, 5.41) is 0. The van der Waals surface area contributed by atoms with E-state index in [9.17, 15) is 0 Å². The second-order valence-corrected chi connectivity index (χ2v) is 5.58. The van der Waals surface area contributed by atoms with Crippen LogP contribution in [0.2, 0.25) is 0 Å². The highest BCUT2D eigenvalue weighted by Crippen LogP contribution is 2.18. The Labute approximate surface area is 120 Å². The van der Waals surface area contributed by atoms with Crippen LogP contribution in [0.25, 0.3) is 0 Å². The molecule has 0 atom stereocenters. The quantitative estimate of drug-likeness (QED) is 0.505. The maximum Gasteiger partial charge on any atom is 0.0716 e. The summed E-state index contributed by atoms with van der Waals surface area (Å²) in [5.41, 5.74) is 1.25. The van der Waals surface area contributed by atoms with Gasteiger partial charge in [0.1, 0.15) is 0 Å². The molecule has 19 heavy (non-hydrogen) atoms. The molecule has 1 nitrogen and oxygen atoms in total. The zero-order chi connectivity index (χ0) is 13.2. The van der Waals surface area contributed by atoms with E-state index in [1.807, 2.05) is 17.8 Å². The first kappa shape index (κ1) is 14.2. The zero-order valence-corrected chi connectivity index (χ0v) is 11.9. The molecule has 0 aliphatic rings. The van der Waals surface area contributed by atoms with Gasteiger partial charge in [-0.1, -0.05) is 48.5 Å². The van der Waals surface area contributed by atoms with Crippen molar-refractivity contribution in [2.75, 3.05) is 12.4 Å². The fraction of sp³-hybridized carbons (Fsp3) is 0.294. The summed E-state index contributed by atoms with van der Waals surface area (Å²) >= 11 is 1.92. The molecule has 0 N–H and O–H groups in total. The van der Waals surface area contributed by atoms with Gasteiger partial charge in [0.2, 0.25) is 0 Å². The van der Waals surface area contributed by atoms with Gasteiger partial charge in [-0.3, -0.25) is 0 Å². The Morgan fingerprint density at radius 3 is 2.21 bits per heavy atom. The van der Waals surface area contributed by atoms with E-state index in [0.717, 1.165) is 19.6 Å². The van der Waals surface area contributed by atoms with Crippen LogP contribution < -0.4 is 0 Å². The molecule has 0 aliphatic heterocycles. The molecule has 0 radical (unpaired) electrons. The van der Waals surface area contributed by atoms with Gasteiger partial charge < -0.3 is 4.74 Å². The largest absolute Gasteiger partial charge is 0.377 e. The number of rotatable bonds is 8. The van der Waals surface area contributed by atoms with Crippen molar-refractivity contribution in [3.63, 3.8) is 0 Å². The normalized spacial score (nSPS) is 10.5. The molecular formula is C17H20OS. The molecule has 2 heteroatoms. The molecule has 0 spiro atoms. The minimum Gasteiger partial charge on any atom is -0.377 e. The van der Waals surface area contributed by atoms with Gasteiger partial charge in [0.05, 0.1) is 6.61 Å². The van der Waals surface area contributed by atoms with Crippen molar-refractivity contribution in [2.45, 2.75) is 24.3 Å². The number of benzene rings is 2. The summed E-state index contributed by atoms with van der Waals surface area (Å²) in [6.45, 7) is 1.58. The smallest absolute Gasteiger partial charge is 0.0716 e. The number of ether oxygens (including phenoxy) is 1. The minimum atomic E-state index is 0.729.